The second-order valence-electron chi connectivity index (χ2n) is 6.20. The molecule has 0 radical (unpaired) electrons. The summed E-state index contributed by atoms with van der Waals surface area (Å²) in [5.74, 6) is -0.0319. The molecule has 2 aromatic heterocycles. The van der Waals surface area contributed by atoms with E-state index in [1.165, 1.54) is 9.58 Å². The van der Waals surface area contributed by atoms with E-state index in [0.29, 0.717) is 24.2 Å². The van der Waals surface area contributed by atoms with Crippen LogP contribution in [0.2, 0.25) is 0 Å². The number of nitrogens with zero attached hydrogens (tertiary/aromatic N) is 3. The molecular formula is C17H17N5O3. The molecule has 0 saturated carbocycles. The van der Waals surface area contributed by atoms with Gasteiger partial charge in [-0.15, -0.1) is 5.10 Å². The Hall–Kier alpha value is -3.29. The number of amides is 1. The van der Waals surface area contributed by atoms with Gasteiger partial charge in [0.25, 0.3) is 5.91 Å². The van der Waals surface area contributed by atoms with Crippen LogP contribution in [0.5, 0.6) is 0 Å². The topological polar surface area (TPSA) is 117 Å². The summed E-state index contributed by atoms with van der Waals surface area (Å²) in [5, 5.41) is 14.2. The largest absolute Gasteiger partial charge is 0.465 e. The molecule has 1 aromatic carbocycles. The van der Waals surface area contributed by atoms with Crippen LogP contribution in [0.15, 0.2) is 24.3 Å². The highest BCUT2D eigenvalue weighted by molar-refractivity contribution is 6.07. The van der Waals surface area contributed by atoms with Crippen LogP contribution >= 0.6 is 0 Å². The number of carboxylic acid groups (broad SMARTS) is 1. The van der Waals surface area contributed by atoms with Crippen LogP contribution in [0.1, 0.15) is 27.3 Å². The number of aromatic nitrogens is 3. The maximum Gasteiger partial charge on any atom is 0.407 e. The van der Waals surface area contributed by atoms with Crippen molar-refractivity contribution in [2.45, 2.75) is 19.9 Å². The van der Waals surface area contributed by atoms with E-state index in [-0.39, 0.29) is 18.3 Å². The van der Waals surface area contributed by atoms with Gasteiger partial charge >= 0.3 is 6.09 Å². The number of nitrogen functional groups attached to an aromatic ring is 1. The third-order valence-electron chi connectivity index (χ3n) is 4.59. The van der Waals surface area contributed by atoms with Gasteiger partial charge in [0.15, 0.2) is 0 Å². The summed E-state index contributed by atoms with van der Waals surface area (Å²) in [5.41, 5.74) is 9.57. The quantitative estimate of drug-likeness (QED) is 0.626. The molecule has 0 unspecified atom stereocenters. The Morgan fingerprint density at radius 1 is 1.36 bits per heavy atom. The SMILES string of the molecule is Cc1cc2c(C(=O)n3nc(N)c4c3CN(C(=O)O)CC4)cccc2[nH]1. The lowest BCUT2D eigenvalue weighted by Crippen LogP contribution is -2.36. The molecule has 4 rings (SSSR count). The fraction of sp³-hybridized carbons (Fsp3) is 0.235. The van der Waals surface area contributed by atoms with Crippen LogP contribution in [0, 0.1) is 6.92 Å². The fourth-order valence-electron chi connectivity index (χ4n) is 3.37. The van der Waals surface area contributed by atoms with Gasteiger partial charge in [0.05, 0.1) is 17.8 Å². The minimum Gasteiger partial charge on any atom is -0.465 e. The Labute approximate surface area is 142 Å². The van der Waals surface area contributed by atoms with Gasteiger partial charge < -0.3 is 20.7 Å². The van der Waals surface area contributed by atoms with Crippen molar-refractivity contribution in [3.63, 3.8) is 0 Å². The van der Waals surface area contributed by atoms with E-state index < -0.39 is 6.09 Å². The molecule has 4 N–H and O–H groups in total. The lowest BCUT2D eigenvalue weighted by Gasteiger charge is -2.24. The molecule has 0 bridgehead atoms. The van der Waals surface area contributed by atoms with E-state index >= 15 is 0 Å². The highest BCUT2D eigenvalue weighted by Gasteiger charge is 2.29. The van der Waals surface area contributed by atoms with Crippen LogP contribution in [-0.2, 0) is 13.0 Å². The second kappa shape index (κ2) is 5.37. The monoisotopic (exact) mass is 339 g/mol. The molecule has 0 atom stereocenters. The van der Waals surface area contributed by atoms with Crippen molar-refractivity contribution in [2.75, 3.05) is 12.3 Å². The number of H-pyrrole nitrogens is 1. The Kier molecular flexibility index (Phi) is 3.28. The first-order chi connectivity index (χ1) is 12.0. The summed E-state index contributed by atoms with van der Waals surface area (Å²) in [6.45, 7) is 2.37. The molecule has 0 saturated heterocycles. The number of benzene rings is 1. The van der Waals surface area contributed by atoms with Crippen molar-refractivity contribution in [3.05, 3.63) is 46.8 Å². The molecular weight excluding hydrogens is 322 g/mol. The smallest absolute Gasteiger partial charge is 0.407 e. The number of aromatic amines is 1. The van der Waals surface area contributed by atoms with Crippen LogP contribution in [-0.4, -0.2) is 43.3 Å². The van der Waals surface area contributed by atoms with Crippen LogP contribution < -0.4 is 5.73 Å². The van der Waals surface area contributed by atoms with E-state index in [1.807, 2.05) is 19.1 Å². The van der Waals surface area contributed by atoms with Gasteiger partial charge in [0.1, 0.15) is 5.82 Å². The standard InChI is InChI=1S/C17H17N5O3/c1-9-7-12-10(3-2-4-13(12)19-9)16(23)22-14-8-21(17(24)25)6-5-11(14)15(18)20-22/h2-4,7,19H,5-6,8H2,1H3,(H2,18,20)(H,24,25). The molecule has 1 aliphatic heterocycles. The van der Waals surface area contributed by atoms with Gasteiger partial charge in [-0.25, -0.2) is 4.79 Å². The number of hydrogen-bond acceptors (Lipinski definition) is 4. The number of fused-ring (bicyclic) bond motifs is 2. The average Bonchev–Trinajstić information content (AvgIpc) is 3.13. The van der Waals surface area contributed by atoms with Crippen molar-refractivity contribution in [2.24, 2.45) is 0 Å². The molecule has 25 heavy (non-hydrogen) atoms. The Morgan fingerprint density at radius 2 is 2.16 bits per heavy atom. The predicted octanol–water partition coefficient (Wildman–Crippen LogP) is 1.98. The zero-order valence-electron chi connectivity index (χ0n) is 13.6. The van der Waals surface area contributed by atoms with Gasteiger partial charge in [-0.1, -0.05) is 6.07 Å². The van der Waals surface area contributed by atoms with Crippen LogP contribution in [0.3, 0.4) is 0 Å². The van der Waals surface area contributed by atoms with Gasteiger partial charge in [-0.3, -0.25) is 4.79 Å². The zero-order chi connectivity index (χ0) is 17.7. The van der Waals surface area contributed by atoms with Gasteiger partial charge in [-0.05, 0) is 31.5 Å². The highest BCUT2D eigenvalue weighted by atomic mass is 16.4. The van der Waals surface area contributed by atoms with Crippen molar-refractivity contribution < 1.29 is 14.7 Å². The maximum absolute atomic E-state index is 13.1. The first kappa shape index (κ1) is 15.3. The number of anilines is 1. The summed E-state index contributed by atoms with van der Waals surface area (Å²) in [6.07, 6.45) is -0.568. The van der Waals surface area contributed by atoms with E-state index in [4.69, 9.17) is 5.73 Å². The lowest BCUT2D eigenvalue weighted by molar-refractivity contribution is 0.0933. The van der Waals surface area contributed by atoms with Crippen molar-refractivity contribution in [3.8, 4) is 0 Å². The lowest BCUT2D eigenvalue weighted by atomic mass is 10.1. The first-order valence-electron chi connectivity index (χ1n) is 7.93. The average molecular weight is 339 g/mol. The van der Waals surface area contributed by atoms with Gasteiger partial charge in [0, 0.05) is 28.7 Å². The van der Waals surface area contributed by atoms with Crippen molar-refractivity contribution >= 4 is 28.7 Å². The third-order valence-corrected chi connectivity index (χ3v) is 4.59. The second-order valence-corrected chi connectivity index (χ2v) is 6.20. The normalized spacial score (nSPS) is 13.9. The Bertz CT molecular complexity index is 1020. The first-order valence-corrected chi connectivity index (χ1v) is 7.93. The number of carbonyl (C=O) groups excluding carboxylic acids is 1. The number of hydrogen-bond donors (Lipinski definition) is 3. The van der Waals surface area contributed by atoms with Crippen molar-refractivity contribution in [1.29, 1.82) is 0 Å². The van der Waals surface area contributed by atoms with E-state index in [9.17, 15) is 14.7 Å². The molecule has 0 fully saturated rings. The number of carbonyl (C=O) groups is 2. The van der Waals surface area contributed by atoms with E-state index in [2.05, 4.69) is 10.1 Å². The summed E-state index contributed by atoms with van der Waals surface area (Å²) < 4.78 is 1.25. The zero-order valence-corrected chi connectivity index (χ0v) is 13.6. The molecule has 8 heteroatoms. The molecule has 0 spiro atoms. The summed E-state index contributed by atoms with van der Waals surface area (Å²) in [7, 11) is 0. The molecule has 128 valence electrons. The predicted molar refractivity (Wildman–Crippen MR) is 91.5 cm³/mol. The van der Waals surface area contributed by atoms with E-state index in [1.54, 1.807) is 12.1 Å². The van der Waals surface area contributed by atoms with Gasteiger partial charge in [-0.2, -0.15) is 4.68 Å². The number of rotatable bonds is 1. The van der Waals surface area contributed by atoms with E-state index in [0.717, 1.165) is 22.2 Å². The third kappa shape index (κ3) is 2.34. The molecule has 0 aliphatic carbocycles. The number of aryl methyl sites for hydroxylation is 1. The summed E-state index contributed by atoms with van der Waals surface area (Å²) in [6, 6.07) is 7.35. The number of nitrogens with two attached hydrogens (primary N) is 1. The highest BCUT2D eigenvalue weighted by Crippen LogP contribution is 2.27. The summed E-state index contributed by atoms with van der Waals surface area (Å²) >= 11 is 0. The van der Waals surface area contributed by atoms with Crippen molar-refractivity contribution in [1.82, 2.24) is 19.7 Å². The fourth-order valence-corrected chi connectivity index (χ4v) is 3.37. The molecule has 8 nitrogen and oxygen atoms in total. The molecule has 1 amide bonds. The number of nitrogens with one attached hydrogen (secondary N) is 1. The van der Waals surface area contributed by atoms with Crippen LogP contribution in [0.4, 0.5) is 10.6 Å². The minimum absolute atomic E-state index is 0.0999. The van der Waals surface area contributed by atoms with Crippen LogP contribution in [0.25, 0.3) is 10.9 Å². The Balaban J connectivity index is 1.82. The minimum atomic E-state index is -1.02. The maximum atomic E-state index is 13.1. The van der Waals surface area contributed by atoms with Gasteiger partial charge in [0.2, 0.25) is 0 Å². The summed E-state index contributed by atoms with van der Waals surface area (Å²) in [4.78, 5) is 28.8. The Morgan fingerprint density at radius 3 is 2.92 bits per heavy atom. The molecule has 3 aromatic rings. The molecule has 3 heterocycles. The molecule has 1 aliphatic rings.